The van der Waals surface area contributed by atoms with E-state index in [-0.39, 0.29) is 5.69 Å². The second-order valence-electron chi connectivity index (χ2n) is 6.31. The molecule has 0 atom stereocenters. The summed E-state index contributed by atoms with van der Waals surface area (Å²) in [6.45, 7) is 0. The summed E-state index contributed by atoms with van der Waals surface area (Å²) in [7, 11) is 0. The molecule has 3 aromatic carbocycles. The minimum absolute atomic E-state index is 0.234. The van der Waals surface area contributed by atoms with Crippen molar-refractivity contribution in [1.82, 2.24) is 9.55 Å². The van der Waals surface area contributed by atoms with Crippen molar-refractivity contribution < 1.29 is 8.78 Å². The number of alkyl halides is 2. The maximum absolute atomic E-state index is 13.3. The van der Waals surface area contributed by atoms with E-state index in [4.69, 9.17) is 0 Å². The van der Waals surface area contributed by atoms with Crippen LogP contribution in [0, 0.1) is 0 Å². The van der Waals surface area contributed by atoms with Gasteiger partial charge in [0.2, 0.25) is 0 Å². The molecule has 134 valence electrons. The van der Waals surface area contributed by atoms with Gasteiger partial charge < -0.3 is 4.57 Å². The van der Waals surface area contributed by atoms with Gasteiger partial charge in [-0.05, 0) is 16.7 Å². The molecule has 0 unspecified atom stereocenters. The first-order valence-corrected chi connectivity index (χ1v) is 8.72. The van der Waals surface area contributed by atoms with Gasteiger partial charge in [0.15, 0.2) is 0 Å². The predicted molar refractivity (Wildman–Crippen MR) is 102 cm³/mol. The molecule has 0 fully saturated rings. The maximum atomic E-state index is 13.3. The third-order valence-electron chi connectivity index (χ3n) is 4.79. The highest BCUT2D eigenvalue weighted by atomic mass is 19.3. The average molecular weight is 360 g/mol. The zero-order chi connectivity index (χ0) is 18.7. The van der Waals surface area contributed by atoms with Crippen molar-refractivity contribution in [2.75, 3.05) is 0 Å². The molecular formula is C23H18F2N2. The predicted octanol–water partition coefficient (Wildman–Crippen LogP) is 5.66. The molecule has 0 aliphatic rings. The lowest BCUT2D eigenvalue weighted by Crippen LogP contribution is -2.36. The molecule has 2 nitrogen and oxygen atoms in total. The molecule has 4 rings (SSSR count). The number of imidazole rings is 1. The zero-order valence-corrected chi connectivity index (χ0v) is 14.5. The van der Waals surface area contributed by atoms with Gasteiger partial charge in [-0.2, -0.15) is 0 Å². The lowest BCUT2D eigenvalue weighted by atomic mass is 9.77. The van der Waals surface area contributed by atoms with E-state index < -0.39 is 12.0 Å². The summed E-state index contributed by atoms with van der Waals surface area (Å²) in [5.41, 5.74) is 1.88. The van der Waals surface area contributed by atoms with Gasteiger partial charge in [0.05, 0.1) is 6.33 Å². The Morgan fingerprint density at radius 1 is 0.667 bits per heavy atom. The van der Waals surface area contributed by atoms with Crippen molar-refractivity contribution in [3.8, 4) is 0 Å². The summed E-state index contributed by atoms with van der Waals surface area (Å²) in [4.78, 5) is 3.97. The van der Waals surface area contributed by atoms with Crippen LogP contribution < -0.4 is 0 Å². The van der Waals surface area contributed by atoms with Gasteiger partial charge in [-0.3, -0.25) is 0 Å². The first kappa shape index (κ1) is 17.2. The Morgan fingerprint density at radius 3 is 1.41 bits per heavy atom. The van der Waals surface area contributed by atoms with Crippen molar-refractivity contribution >= 4 is 0 Å². The summed E-state index contributed by atoms with van der Waals surface area (Å²) >= 11 is 0. The van der Waals surface area contributed by atoms with Crippen molar-refractivity contribution in [2.45, 2.75) is 12.0 Å². The van der Waals surface area contributed by atoms with Gasteiger partial charge in [0.25, 0.3) is 6.43 Å². The highest BCUT2D eigenvalue weighted by Crippen LogP contribution is 2.41. The maximum Gasteiger partial charge on any atom is 0.281 e. The molecular weight excluding hydrogens is 342 g/mol. The van der Waals surface area contributed by atoms with Crippen molar-refractivity contribution in [2.24, 2.45) is 0 Å². The Balaban J connectivity index is 2.09. The molecule has 0 N–H and O–H groups in total. The number of rotatable bonds is 5. The third kappa shape index (κ3) is 2.93. The number of hydrogen-bond donors (Lipinski definition) is 0. The molecule has 4 aromatic rings. The van der Waals surface area contributed by atoms with Crippen LogP contribution in [-0.4, -0.2) is 9.55 Å². The molecule has 27 heavy (non-hydrogen) atoms. The summed E-state index contributed by atoms with van der Waals surface area (Å²) in [5, 5.41) is 0. The van der Waals surface area contributed by atoms with E-state index in [1.807, 2.05) is 91.0 Å². The van der Waals surface area contributed by atoms with Gasteiger partial charge in [-0.15, -0.1) is 0 Å². The van der Waals surface area contributed by atoms with Crippen LogP contribution in [0.4, 0.5) is 8.78 Å². The quantitative estimate of drug-likeness (QED) is 0.420. The molecule has 0 radical (unpaired) electrons. The molecule has 0 saturated heterocycles. The lowest BCUT2D eigenvalue weighted by Gasteiger charge is -2.37. The van der Waals surface area contributed by atoms with Crippen molar-refractivity contribution in [3.05, 3.63) is 126 Å². The molecule has 1 aromatic heterocycles. The molecule has 0 amide bonds. The van der Waals surface area contributed by atoms with E-state index in [1.54, 1.807) is 4.57 Å². The smallest absolute Gasteiger partial charge is 0.281 e. The highest BCUT2D eigenvalue weighted by Gasteiger charge is 2.38. The first-order valence-electron chi connectivity index (χ1n) is 8.72. The SMILES string of the molecule is FC(F)c1cn(C(c2ccccc2)(c2ccccc2)c2ccccc2)cn1. The van der Waals surface area contributed by atoms with Gasteiger partial charge in [0, 0.05) is 6.20 Å². The fourth-order valence-corrected chi connectivity index (χ4v) is 3.62. The molecule has 0 spiro atoms. The number of aromatic nitrogens is 2. The van der Waals surface area contributed by atoms with E-state index in [0.29, 0.717) is 0 Å². The van der Waals surface area contributed by atoms with Crippen molar-refractivity contribution in [1.29, 1.82) is 0 Å². The zero-order valence-electron chi connectivity index (χ0n) is 14.5. The molecule has 1 heterocycles. The largest absolute Gasteiger partial charge is 0.318 e. The van der Waals surface area contributed by atoms with Crippen LogP contribution in [0.15, 0.2) is 104 Å². The Kier molecular flexibility index (Phi) is 4.55. The van der Waals surface area contributed by atoms with Crippen LogP contribution in [0.2, 0.25) is 0 Å². The second kappa shape index (κ2) is 7.16. The van der Waals surface area contributed by atoms with Crippen LogP contribution in [0.25, 0.3) is 0 Å². The topological polar surface area (TPSA) is 17.8 Å². The van der Waals surface area contributed by atoms with E-state index in [1.165, 1.54) is 12.5 Å². The van der Waals surface area contributed by atoms with Crippen LogP contribution in [0.1, 0.15) is 28.8 Å². The van der Waals surface area contributed by atoms with Crippen LogP contribution in [-0.2, 0) is 5.54 Å². The van der Waals surface area contributed by atoms with Gasteiger partial charge >= 0.3 is 0 Å². The van der Waals surface area contributed by atoms with Gasteiger partial charge in [-0.1, -0.05) is 91.0 Å². The number of nitrogens with zero attached hydrogens (tertiary/aromatic N) is 2. The van der Waals surface area contributed by atoms with Gasteiger partial charge in [-0.25, -0.2) is 13.8 Å². The Labute approximate surface area is 156 Å². The van der Waals surface area contributed by atoms with E-state index in [9.17, 15) is 8.78 Å². The number of benzene rings is 3. The first-order chi connectivity index (χ1) is 13.2. The molecule has 0 aliphatic carbocycles. The Bertz CT molecular complexity index is 900. The number of halogens is 2. The normalized spacial score (nSPS) is 11.7. The number of hydrogen-bond acceptors (Lipinski definition) is 1. The molecule has 0 bridgehead atoms. The monoisotopic (exact) mass is 360 g/mol. The summed E-state index contributed by atoms with van der Waals surface area (Å²) < 4.78 is 28.4. The summed E-state index contributed by atoms with van der Waals surface area (Å²) in [5.74, 6) is 0. The average Bonchev–Trinajstić information content (AvgIpc) is 3.22. The van der Waals surface area contributed by atoms with Crippen LogP contribution in [0.3, 0.4) is 0 Å². The summed E-state index contributed by atoms with van der Waals surface area (Å²) in [6.07, 6.45) is 0.317. The van der Waals surface area contributed by atoms with Crippen LogP contribution >= 0.6 is 0 Å². The highest BCUT2D eigenvalue weighted by molar-refractivity contribution is 5.50. The van der Waals surface area contributed by atoms with E-state index in [0.717, 1.165) is 16.7 Å². The fourth-order valence-electron chi connectivity index (χ4n) is 3.62. The lowest BCUT2D eigenvalue weighted by molar-refractivity contribution is 0.146. The molecule has 0 saturated carbocycles. The minimum Gasteiger partial charge on any atom is -0.318 e. The van der Waals surface area contributed by atoms with Crippen molar-refractivity contribution in [3.63, 3.8) is 0 Å². The summed E-state index contributed by atoms with van der Waals surface area (Å²) in [6, 6.07) is 29.7. The Hall–Kier alpha value is -3.27. The van der Waals surface area contributed by atoms with E-state index in [2.05, 4.69) is 4.98 Å². The van der Waals surface area contributed by atoms with E-state index >= 15 is 0 Å². The van der Waals surface area contributed by atoms with Crippen LogP contribution in [0.5, 0.6) is 0 Å². The minimum atomic E-state index is -2.62. The molecule has 0 aliphatic heterocycles. The second-order valence-corrected chi connectivity index (χ2v) is 6.31. The molecule has 4 heteroatoms. The standard InChI is InChI=1S/C23H18F2N2/c24-22(25)21-16-27(17-26-21)23(18-10-4-1-5-11-18,19-12-6-2-7-13-19)20-14-8-3-9-15-20/h1-17,22H. The third-order valence-corrected chi connectivity index (χ3v) is 4.79. The Morgan fingerprint density at radius 2 is 1.07 bits per heavy atom. The fraction of sp³-hybridized carbons (Fsp3) is 0.0870. The van der Waals surface area contributed by atoms with Gasteiger partial charge in [0.1, 0.15) is 11.2 Å².